The molecule has 2 aromatic carbocycles. The minimum Gasteiger partial charge on any atom is -0.494 e. The number of benzene rings is 2. The van der Waals surface area contributed by atoms with E-state index in [2.05, 4.69) is 55.5 Å². The summed E-state index contributed by atoms with van der Waals surface area (Å²) >= 11 is 0. The third kappa shape index (κ3) is 19.6. The predicted molar refractivity (Wildman–Crippen MR) is 184 cm³/mol. The van der Waals surface area contributed by atoms with Crippen molar-refractivity contribution in [2.45, 2.75) is 129 Å². The zero-order valence-electron chi connectivity index (χ0n) is 28.1. The summed E-state index contributed by atoms with van der Waals surface area (Å²) in [6.07, 6.45) is 25.1. The molecule has 0 saturated carbocycles. The lowest BCUT2D eigenvalue weighted by Gasteiger charge is -2.28. The number of nitrogens with zero attached hydrogens (tertiary/aromatic N) is 3. The minimum absolute atomic E-state index is 0.281. The van der Waals surface area contributed by atoms with Gasteiger partial charge in [-0.05, 0) is 74.1 Å². The lowest BCUT2D eigenvalue weighted by Crippen LogP contribution is -2.42. The van der Waals surface area contributed by atoms with Gasteiger partial charge in [-0.2, -0.15) is 10.2 Å². The summed E-state index contributed by atoms with van der Waals surface area (Å²) < 4.78 is 6.86. The molecule has 1 N–H and O–H groups in total. The maximum Gasteiger partial charge on any atom is 0.119 e. The summed E-state index contributed by atoms with van der Waals surface area (Å²) in [4.78, 5) is 0. The van der Waals surface area contributed by atoms with Crippen LogP contribution in [-0.2, 0) is 6.42 Å². The van der Waals surface area contributed by atoms with E-state index in [1.54, 1.807) is 0 Å². The summed E-state index contributed by atoms with van der Waals surface area (Å²) in [6, 6.07) is 16.5. The summed E-state index contributed by atoms with van der Waals surface area (Å²) in [6.45, 7) is 5.35. The maximum atomic E-state index is 9.12. The number of unbranched alkanes of at least 4 members (excludes halogenated alkanes) is 16. The normalized spacial score (nSPS) is 11.9. The largest absolute Gasteiger partial charge is 0.494 e. The van der Waals surface area contributed by atoms with Crippen LogP contribution in [0.5, 0.6) is 5.75 Å². The SMILES string of the molecule is CCCCCCCCCCCCc1ccc(N=Nc2ccc(OCCCCCCCCCC[N+](C)(C)CCO)cc2)cc1. The van der Waals surface area contributed by atoms with E-state index in [0.29, 0.717) is 0 Å². The van der Waals surface area contributed by atoms with Crippen molar-refractivity contribution in [2.24, 2.45) is 10.2 Å². The van der Waals surface area contributed by atoms with Crippen LogP contribution in [0.25, 0.3) is 0 Å². The summed E-state index contributed by atoms with van der Waals surface area (Å²) in [5, 5.41) is 18.0. The van der Waals surface area contributed by atoms with Gasteiger partial charge in [-0.3, -0.25) is 0 Å². The fourth-order valence-corrected chi connectivity index (χ4v) is 5.55. The highest BCUT2D eigenvalue weighted by Crippen LogP contribution is 2.22. The molecule has 0 aromatic heterocycles. The number of ether oxygens (including phenoxy) is 1. The van der Waals surface area contributed by atoms with Crippen molar-refractivity contribution in [2.75, 3.05) is 40.4 Å². The van der Waals surface area contributed by atoms with Crippen molar-refractivity contribution in [1.29, 1.82) is 0 Å². The number of quaternary nitrogens is 1. The summed E-state index contributed by atoms with van der Waals surface area (Å²) in [7, 11) is 4.41. The molecule has 0 radical (unpaired) electrons. The molecule has 0 saturated heterocycles. The zero-order chi connectivity index (χ0) is 30.9. The van der Waals surface area contributed by atoms with Crippen molar-refractivity contribution in [3.05, 3.63) is 54.1 Å². The van der Waals surface area contributed by atoms with Crippen LogP contribution >= 0.6 is 0 Å². The molecule has 5 heteroatoms. The molecule has 2 aromatic rings. The van der Waals surface area contributed by atoms with Gasteiger partial charge >= 0.3 is 0 Å². The molecule has 0 atom stereocenters. The Morgan fingerprint density at radius 3 is 1.56 bits per heavy atom. The first kappa shape index (κ1) is 36.9. The molecule has 242 valence electrons. The van der Waals surface area contributed by atoms with Gasteiger partial charge in [-0.25, -0.2) is 0 Å². The van der Waals surface area contributed by atoms with Gasteiger partial charge in [-0.1, -0.05) is 109 Å². The van der Waals surface area contributed by atoms with E-state index < -0.39 is 0 Å². The second kappa shape index (κ2) is 24.1. The van der Waals surface area contributed by atoms with Crippen LogP contribution in [0.15, 0.2) is 58.8 Å². The molecule has 0 bridgehead atoms. The van der Waals surface area contributed by atoms with Gasteiger partial charge in [0, 0.05) is 0 Å². The van der Waals surface area contributed by atoms with Crippen LogP contribution in [0.4, 0.5) is 11.4 Å². The number of rotatable bonds is 27. The zero-order valence-corrected chi connectivity index (χ0v) is 28.1. The van der Waals surface area contributed by atoms with Crippen molar-refractivity contribution >= 4 is 11.4 Å². The molecule has 0 fully saturated rings. The topological polar surface area (TPSA) is 54.2 Å². The van der Waals surface area contributed by atoms with Crippen molar-refractivity contribution in [1.82, 2.24) is 0 Å². The van der Waals surface area contributed by atoms with Crippen LogP contribution in [0.3, 0.4) is 0 Å². The standard InChI is InChI=1S/C38H64N3O2/c1-4-5-6-7-8-9-10-13-16-19-22-35-23-25-36(26-24-35)39-40-37-27-29-38(30-28-37)43-34-21-18-15-12-11-14-17-20-31-41(2,3)32-33-42/h23-30,42H,4-22,31-34H2,1-3H3/q+1. The summed E-state index contributed by atoms with van der Waals surface area (Å²) in [5.41, 5.74) is 3.14. The second-order valence-electron chi connectivity index (χ2n) is 13.1. The van der Waals surface area contributed by atoms with E-state index in [1.165, 1.54) is 115 Å². The highest BCUT2D eigenvalue weighted by molar-refractivity contribution is 5.43. The van der Waals surface area contributed by atoms with E-state index in [1.807, 2.05) is 24.3 Å². The molecule has 0 aliphatic heterocycles. The van der Waals surface area contributed by atoms with Crippen molar-refractivity contribution in [3.8, 4) is 5.75 Å². The van der Waals surface area contributed by atoms with E-state index in [4.69, 9.17) is 9.84 Å². The molecule has 0 aliphatic carbocycles. The number of aliphatic hydroxyl groups excluding tert-OH is 1. The van der Waals surface area contributed by atoms with Gasteiger partial charge in [-0.15, -0.1) is 0 Å². The molecule has 5 nitrogen and oxygen atoms in total. The number of aryl methyl sites for hydroxylation is 1. The molecule has 43 heavy (non-hydrogen) atoms. The van der Waals surface area contributed by atoms with Gasteiger partial charge in [0.25, 0.3) is 0 Å². The highest BCUT2D eigenvalue weighted by atomic mass is 16.5. The number of hydrogen-bond donors (Lipinski definition) is 1. The molecule has 0 aliphatic rings. The number of aliphatic hydroxyl groups is 1. The predicted octanol–water partition coefficient (Wildman–Crippen LogP) is 11.1. The van der Waals surface area contributed by atoms with Crippen LogP contribution in [-0.4, -0.2) is 50.0 Å². The Hall–Kier alpha value is -2.24. The van der Waals surface area contributed by atoms with Crippen LogP contribution in [0.1, 0.15) is 128 Å². The monoisotopic (exact) mass is 594 g/mol. The van der Waals surface area contributed by atoms with Crippen LogP contribution < -0.4 is 4.74 Å². The molecule has 0 amide bonds. The minimum atomic E-state index is 0.281. The Morgan fingerprint density at radius 1 is 0.558 bits per heavy atom. The third-order valence-corrected chi connectivity index (χ3v) is 8.50. The van der Waals surface area contributed by atoms with Gasteiger partial charge in [0.15, 0.2) is 0 Å². The molecule has 0 heterocycles. The number of likely N-dealkylation sites (N-methyl/N-ethyl adjacent to an activating group) is 1. The average molecular weight is 595 g/mol. The van der Waals surface area contributed by atoms with E-state index >= 15 is 0 Å². The molecule has 0 spiro atoms. The lowest BCUT2D eigenvalue weighted by atomic mass is 10.0. The van der Waals surface area contributed by atoms with Crippen molar-refractivity contribution < 1.29 is 14.3 Å². The second-order valence-corrected chi connectivity index (χ2v) is 13.1. The van der Waals surface area contributed by atoms with E-state index in [0.717, 1.165) is 54.1 Å². The number of hydrogen-bond acceptors (Lipinski definition) is 4. The molecular formula is C38H64N3O2+. The Labute approximate surface area is 264 Å². The Balaban J connectivity index is 1.49. The fourth-order valence-electron chi connectivity index (χ4n) is 5.55. The van der Waals surface area contributed by atoms with E-state index in [-0.39, 0.29) is 6.61 Å². The lowest BCUT2D eigenvalue weighted by molar-refractivity contribution is -0.890. The highest BCUT2D eigenvalue weighted by Gasteiger charge is 2.12. The number of azo groups is 1. The first-order chi connectivity index (χ1) is 21.0. The first-order valence-electron chi connectivity index (χ1n) is 17.7. The first-order valence-corrected chi connectivity index (χ1v) is 17.7. The summed E-state index contributed by atoms with van der Waals surface area (Å²) in [5.74, 6) is 0.901. The Morgan fingerprint density at radius 2 is 1.02 bits per heavy atom. The fraction of sp³-hybridized carbons (Fsp3) is 0.684. The Bertz CT molecular complexity index is 941. The third-order valence-electron chi connectivity index (χ3n) is 8.50. The van der Waals surface area contributed by atoms with E-state index in [9.17, 15) is 0 Å². The van der Waals surface area contributed by atoms with Crippen LogP contribution in [0, 0.1) is 0 Å². The van der Waals surface area contributed by atoms with Crippen molar-refractivity contribution in [3.63, 3.8) is 0 Å². The quantitative estimate of drug-likeness (QED) is 0.0635. The molecule has 0 unspecified atom stereocenters. The molecule has 2 rings (SSSR count). The van der Waals surface area contributed by atoms with Gasteiger partial charge in [0.2, 0.25) is 0 Å². The van der Waals surface area contributed by atoms with Gasteiger partial charge in [0.05, 0.1) is 45.2 Å². The smallest absolute Gasteiger partial charge is 0.119 e. The van der Waals surface area contributed by atoms with Crippen LogP contribution in [0.2, 0.25) is 0 Å². The van der Waals surface area contributed by atoms with Gasteiger partial charge < -0.3 is 14.3 Å². The van der Waals surface area contributed by atoms with Gasteiger partial charge in [0.1, 0.15) is 12.3 Å². The molecular weight excluding hydrogens is 530 g/mol. The average Bonchev–Trinajstić information content (AvgIpc) is 3.01. The maximum absolute atomic E-state index is 9.12. The Kier molecular flexibility index (Phi) is 20.7.